The Hall–Kier alpha value is -0.930. The molecular weight excluding hydrogens is 205 g/mol. The lowest BCUT2D eigenvalue weighted by molar-refractivity contribution is 0.0483. The molecule has 0 aliphatic carbocycles. The van der Waals surface area contributed by atoms with Gasteiger partial charge in [0.25, 0.3) is 0 Å². The molecule has 1 fully saturated rings. The molecule has 88 valence electrons. The van der Waals surface area contributed by atoms with Gasteiger partial charge in [-0.05, 0) is 37.5 Å². The second-order valence-electron chi connectivity index (χ2n) is 4.47. The number of hydrogen-bond acceptors (Lipinski definition) is 2. The zero-order chi connectivity index (χ0) is 11.4. The summed E-state index contributed by atoms with van der Waals surface area (Å²) >= 11 is 0. The molecule has 2 rings (SSSR count). The van der Waals surface area contributed by atoms with E-state index in [1.807, 2.05) is 6.07 Å². The normalized spacial score (nSPS) is 25.6. The molecule has 0 amide bonds. The maximum Gasteiger partial charge on any atom is 0.123 e. The van der Waals surface area contributed by atoms with Gasteiger partial charge in [-0.1, -0.05) is 12.1 Å². The summed E-state index contributed by atoms with van der Waals surface area (Å²) in [4.78, 5) is 0. The van der Waals surface area contributed by atoms with Crippen molar-refractivity contribution in [3.8, 4) is 0 Å². The van der Waals surface area contributed by atoms with Crippen molar-refractivity contribution in [2.75, 3.05) is 13.2 Å². The number of aryl methyl sites for hydroxylation is 1. The van der Waals surface area contributed by atoms with Crippen molar-refractivity contribution in [2.24, 2.45) is 0 Å². The van der Waals surface area contributed by atoms with Crippen LogP contribution in [0.3, 0.4) is 0 Å². The van der Waals surface area contributed by atoms with Crippen LogP contribution in [0.15, 0.2) is 24.3 Å². The van der Waals surface area contributed by atoms with Gasteiger partial charge in [-0.15, -0.1) is 0 Å². The van der Waals surface area contributed by atoms with Crippen LogP contribution in [0.25, 0.3) is 0 Å². The Morgan fingerprint density at radius 3 is 3.06 bits per heavy atom. The molecule has 1 N–H and O–H groups in total. The Kier molecular flexibility index (Phi) is 3.91. The van der Waals surface area contributed by atoms with Crippen molar-refractivity contribution in [1.82, 2.24) is 5.32 Å². The SMILES string of the molecule is CC1COCC(CCc2cccc(F)c2)N1. The minimum Gasteiger partial charge on any atom is -0.378 e. The Labute approximate surface area is 95.8 Å². The van der Waals surface area contributed by atoms with Crippen LogP contribution in [0, 0.1) is 5.82 Å². The lowest BCUT2D eigenvalue weighted by atomic mass is 10.0. The Morgan fingerprint density at radius 1 is 1.44 bits per heavy atom. The summed E-state index contributed by atoms with van der Waals surface area (Å²) in [6, 6.07) is 7.63. The maximum atomic E-state index is 13.0. The summed E-state index contributed by atoms with van der Waals surface area (Å²) in [6.07, 6.45) is 1.89. The van der Waals surface area contributed by atoms with E-state index in [2.05, 4.69) is 12.2 Å². The van der Waals surface area contributed by atoms with Gasteiger partial charge in [-0.2, -0.15) is 0 Å². The van der Waals surface area contributed by atoms with Crippen LogP contribution in [-0.2, 0) is 11.2 Å². The number of halogens is 1. The summed E-state index contributed by atoms with van der Waals surface area (Å²) in [5.41, 5.74) is 1.06. The predicted molar refractivity (Wildman–Crippen MR) is 61.9 cm³/mol. The summed E-state index contributed by atoms with van der Waals surface area (Å²) < 4.78 is 18.4. The average Bonchev–Trinajstić information content (AvgIpc) is 2.27. The number of rotatable bonds is 3. The van der Waals surface area contributed by atoms with E-state index in [0.29, 0.717) is 12.1 Å². The minimum absolute atomic E-state index is 0.154. The van der Waals surface area contributed by atoms with Gasteiger partial charge in [-0.3, -0.25) is 0 Å². The largest absolute Gasteiger partial charge is 0.378 e. The quantitative estimate of drug-likeness (QED) is 0.847. The first kappa shape index (κ1) is 11.6. The molecule has 0 saturated carbocycles. The number of hydrogen-bond donors (Lipinski definition) is 1. The molecule has 0 bridgehead atoms. The highest BCUT2D eigenvalue weighted by Crippen LogP contribution is 2.10. The third kappa shape index (κ3) is 3.29. The maximum absolute atomic E-state index is 13.0. The molecular formula is C13H18FNO. The summed E-state index contributed by atoms with van der Waals surface area (Å²) in [7, 11) is 0. The molecule has 0 radical (unpaired) electrons. The van der Waals surface area contributed by atoms with Gasteiger partial charge < -0.3 is 10.1 Å². The van der Waals surface area contributed by atoms with Gasteiger partial charge in [0.05, 0.1) is 13.2 Å². The van der Waals surface area contributed by atoms with E-state index in [1.54, 1.807) is 12.1 Å². The van der Waals surface area contributed by atoms with Gasteiger partial charge >= 0.3 is 0 Å². The standard InChI is InChI=1S/C13H18FNO/c1-10-8-16-9-13(15-10)6-5-11-3-2-4-12(14)7-11/h2-4,7,10,13,15H,5-6,8-9H2,1H3. The topological polar surface area (TPSA) is 21.3 Å². The van der Waals surface area contributed by atoms with Gasteiger partial charge in [-0.25, -0.2) is 4.39 Å². The van der Waals surface area contributed by atoms with Gasteiger partial charge in [0.1, 0.15) is 5.82 Å². The van der Waals surface area contributed by atoms with Crippen LogP contribution in [0.1, 0.15) is 18.9 Å². The molecule has 3 heteroatoms. The molecule has 2 unspecified atom stereocenters. The molecule has 1 saturated heterocycles. The molecule has 1 aliphatic heterocycles. The first-order chi connectivity index (χ1) is 7.74. The second-order valence-corrected chi connectivity index (χ2v) is 4.47. The Morgan fingerprint density at radius 2 is 2.31 bits per heavy atom. The van der Waals surface area contributed by atoms with Crippen molar-refractivity contribution in [3.63, 3.8) is 0 Å². The zero-order valence-electron chi connectivity index (χ0n) is 9.58. The number of nitrogens with one attached hydrogen (secondary N) is 1. The van der Waals surface area contributed by atoms with Crippen molar-refractivity contribution in [2.45, 2.75) is 31.8 Å². The van der Waals surface area contributed by atoms with Crippen LogP contribution in [0.2, 0.25) is 0 Å². The molecule has 2 atom stereocenters. The predicted octanol–water partition coefficient (Wildman–Crippen LogP) is 2.14. The van der Waals surface area contributed by atoms with E-state index in [0.717, 1.165) is 31.6 Å². The summed E-state index contributed by atoms with van der Waals surface area (Å²) in [6.45, 7) is 3.67. The zero-order valence-corrected chi connectivity index (χ0v) is 9.58. The average molecular weight is 223 g/mol. The highest BCUT2D eigenvalue weighted by molar-refractivity contribution is 5.16. The lowest BCUT2D eigenvalue weighted by Crippen LogP contribution is -2.47. The van der Waals surface area contributed by atoms with Crippen LogP contribution in [-0.4, -0.2) is 25.3 Å². The van der Waals surface area contributed by atoms with Crippen LogP contribution >= 0.6 is 0 Å². The number of ether oxygens (including phenoxy) is 1. The van der Waals surface area contributed by atoms with E-state index in [4.69, 9.17) is 4.74 Å². The van der Waals surface area contributed by atoms with Gasteiger partial charge in [0.15, 0.2) is 0 Å². The highest BCUT2D eigenvalue weighted by atomic mass is 19.1. The lowest BCUT2D eigenvalue weighted by Gasteiger charge is -2.28. The van der Waals surface area contributed by atoms with Gasteiger partial charge in [0, 0.05) is 12.1 Å². The third-order valence-corrected chi connectivity index (χ3v) is 2.88. The molecule has 1 heterocycles. The van der Waals surface area contributed by atoms with E-state index in [-0.39, 0.29) is 5.82 Å². The van der Waals surface area contributed by atoms with Crippen molar-refractivity contribution < 1.29 is 9.13 Å². The fraction of sp³-hybridized carbons (Fsp3) is 0.538. The van der Waals surface area contributed by atoms with Crippen LogP contribution in [0.5, 0.6) is 0 Å². The third-order valence-electron chi connectivity index (χ3n) is 2.88. The molecule has 2 nitrogen and oxygen atoms in total. The molecule has 0 spiro atoms. The van der Waals surface area contributed by atoms with Crippen molar-refractivity contribution >= 4 is 0 Å². The molecule has 1 aliphatic rings. The fourth-order valence-electron chi connectivity index (χ4n) is 2.09. The number of benzene rings is 1. The number of morpholine rings is 1. The summed E-state index contributed by atoms with van der Waals surface area (Å²) in [5.74, 6) is -0.154. The van der Waals surface area contributed by atoms with E-state index >= 15 is 0 Å². The van der Waals surface area contributed by atoms with E-state index < -0.39 is 0 Å². The van der Waals surface area contributed by atoms with Crippen molar-refractivity contribution in [3.05, 3.63) is 35.6 Å². The molecule has 1 aromatic carbocycles. The fourth-order valence-corrected chi connectivity index (χ4v) is 2.09. The Bertz CT molecular complexity index is 342. The first-order valence-corrected chi connectivity index (χ1v) is 5.82. The molecule has 16 heavy (non-hydrogen) atoms. The van der Waals surface area contributed by atoms with E-state index in [9.17, 15) is 4.39 Å². The second kappa shape index (κ2) is 5.41. The molecule has 1 aromatic rings. The monoisotopic (exact) mass is 223 g/mol. The minimum atomic E-state index is -0.154. The van der Waals surface area contributed by atoms with Crippen LogP contribution < -0.4 is 5.32 Å². The van der Waals surface area contributed by atoms with Gasteiger partial charge in [0.2, 0.25) is 0 Å². The Balaban J connectivity index is 1.82. The first-order valence-electron chi connectivity index (χ1n) is 5.82. The van der Waals surface area contributed by atoms with Crippen LogP contribution in [0.4, 0.5) is 4.39 Å². The highest BCUT2D eigenvalue weighted by Gasteiger charge is 2.17. The summed E-state index contributed by atoms with van der Waals surface area (Å²) in [5, 5.41) is 3.48. The van der Waals surface area contributed by atoms with E-state index in [1.165, 1.54) is 6.07 Å². The molecule has 0 aromatic heterocycles. The van der Waals surface area contributed by atoms with Crippen molar-refractivity contribution in [1.29, 1.82) is 0 Å². The smallest absolute Gasteiger partial charge is 0.123 e.